The fourth-order valence-electron chi connectivity index (χ4n) is 4.15. The zero-order valence-corrected chi connectivity index (χ0v) is 18.6. The van der Waals surface area contributed by atoms with Crippen molar-refractivity contribution in [2.75, 3.05) is 7.11 Å². The Labute approximate surface area is 177 Å². The third-order valence-electron chi connectivity index (χ3n) is 6.37. The first-order chi connectivity index (χ1) is 14.1. The summed E-state index contributed by atoms with van der Waals surface area (Å²) >= 11 is 0. The van der Waals surface area contributed by atoms with Crippen LogP contribution in [0.2, 0.25) is 0 Å². The van der Waals surface area contributed by atoms with E-state index in [1.807, 2.05) is 33.0 Å². The van der Waals surface area contributed by atoms with Gasteiger partial charge in [0.05, 0.1) is 37.0 Å². The van der Waals surface area contributed by atoms with Crippen molar-refractivity contribution in [2.45, 2.75) is 66.2 Å². The molecule has 30 heavy (non-hydrogen) atoms. The summed E-state index contributed by atoms with van der Waals surface area (Å²) in [5.74, 6) is -0.700. The first-order valence-corrected chi connectivity index (χ1v) is 10.3. The highest BCUT2D eigenvalue weighted by atomic mass is 16.5. The number of hydrogen-bond donors (Lipinski definition) is 0. The molecule has 1 aromatic carbocycles. The van der Waals surface area contributed by atoms with Gasteiger partial charge in [-0.15, -0.1) is 5.10 Å². The molecule has 1 saturated heterocycles. The molecule has 0 unspecified atom stereocenters. The number of rotatable bonds is 6. The third-order valence-corrected chi connectivity index (χ3v) is 6.37. The van der Waals surface area contributed by atoms with E-state index in [1.165, 1.54) is 12.7 Å². The molecule has 1 aliphatic rings. The van der Waals surface area contributed by atoms with E-state index in [9.17, 15) is 9.59 Å². The molecule has 0 bridgehead atoms. The molecule has 2 aromatic rings. The maximum Gasteiger partial charge on any atom is 0.321 e. The number of benzene rings is 1. The lowest BCUT2D eigenvalue weighted by atomic mass is 9.64. The summed E-state index contributed by atoms with van der Waals surface area (Å²) in [7, 11) is 1.31. The molecule has 1 aliphatic heterocycles. The van der Waals surface area contributed by atoms with Gasteiger partial charge >= 0.3 is 5.97 Å². The molecule has 1 fully saturated rings. The van der Waals surface area contributed by atoms with Gasteiger partial charge in [0, 0.05) is 6.20 Å². The monoisotopic (exact) mass is 413 g/mol. The van der Waals surface area contributed by atoms with Gasteiger partial charge in [0.25, 0.3) is 0 Å². The maximum atomic E-state index is 13.2. The first-order valence-electron chi connectivity index (χ1n) is 10.3. The molecule has 3 rings (SSSR count). The van der Waals surface area contributed by atoms with Crippen LogP contribution in [0, 0.1) is 17.8 Å². The van der Waals surface area contributed by atoms with Gasteiger partial charge in [-0.3, -0.25) is 9.59 Å². The SMILES string of the molecule is COC(=O)[C@@]1(C)C(=O)C(C)(C)[C@@H](C)O[C@H]1CCc1cn(Cc2cccc(C)c2)nn1. The van der Waals surface area contributed by atoms with Crippen LogP contribution in [-0.2, 0) is 32.0 Å². The second kappa shape index (κ2) is 8.30. The molecule has 0 aliphatic carbocycles. The molecule has 0 amide bonds. The minimum atomic E-state index is -1.34. The van der Waals surface area contributed by atoms with E-state index >= 15 is 0 Å². The van der Waals surface area contributed by atoms with Crippen molar-refractivity contribution in [3.8, 4) is 0 Å². The largest absolute Gasteiger partial charge is 0.468 e. The Morgan fingerprint density at radius 1 is 1.30 bits per heavy atom. The van der Waals surface area contributed by atoms with Crippen LogP contribution in [0.5, 0.6) is 0 Å². The van der Waals surface area contributed by atoms with Crippen molar-refractivity contribution < 1.29 is 19.1 Å². The van der Waals surface area contributed by atoms with E-state index in [0.29, 0.717) is 19.4 Å². The number of methoxy groups -OCH3 is 1. The molecule has 162 valence electrons. The quantitative estimate of drug-likeness (QED) is 0.534. The summed E-state index contributed by atoms with van der Waals surface area (Å²) < 4.78 is 12.9. The summed E-state index contributed by atoms with van der Waals surface area (Å²) in [4.78, 5) is 25.8. The standard InChI is InChI=1S/C23H31N3O4/c1-15-8-7-9-17(12-15)13-26-14-18(24-25-26)10-11-19-23(5,21(28)29-6)20(27)22(3,4)16(2)30-19/h7-9,12,14,16,19H,10-11,13H2,1-6H3/t16-,19+,23-/m1/s1. The number of Topliss-reactive ketones (excluding diaryl/α,β-unsaturated/α-hetero) is 1. The molecule has 7 nitrogen and oxygen atoms in total. The second-order valence-corrected chi connectivity index (χ2v) is 8.95. The van der Waals surface area contributed by atoms with Gasteiger partial charge in [0.1, 0.15) is 5.41 Å². The summed E-state index contributed by atoms with van der Waals surface area (Å²) in [5, 5.41) is 8.47. The predicted octanol–water partition coefficient (Wildman–Crippen LogP) is 3.13. The molecule has 0 radical (unpaired) electrons. The van der Waals surface area contributed by atoms with Crippen LogP contribution in [0.3, 0.4) is 0 Å². The van der Waals surface area contributed by atoms with E-state index in [4.69, 9.17) is 9.47 Å². The number of aromatic nitrogens is 3. The lowest BCUT2D eigenvalue weighted by Gasteiger charge is -2.48. The Balaban J connectivity index is 1.73. The average molecular weight is 414 g/mol. The highest BCUT2D eigenvalue weighted by Gasteiger charge is 2.60. The van der Waals surface area contributed by atoms with Crippen LogP contribution in [0.1, 0.15) is 50.9 Å². The number of esters is 1. The fraction of sp³-hybridized carbons (Fsp3) is 0.565. The number of aryl methyl sites for hydroxylation is 2. The van der Waals surface area contributed by atoms with Crippen LogP contribution in [0.25, 0.3) is 0 Å². The Kier molecular flexibility index (Phi) is 6.13. The molecule has 7 heteroatoms. The van der Waals surface area contributed by atoms with E-state index in [1.54, 1.807) is 11.6 Å². The zero-order valence-electron chi connectivity index (χ0n) is 18.6. The fourth-order valence-corrected chi connectivity index (χ4v) is 4.15. The van der Waals surface area contributed by atoms with Gasteiger partial charge < -0.3 is 9.47 Å². The van der Waals surface area contributed by atoms with Crippen molar-refractivity contribution >= 4 is 11.8 Å². The number of carbonyl (C=O) groups excluding carboxylic acids is 2. The second-order valence-electron chi connectivity index (χ2n) is 8.95. The summed E-state index contributed by atoms with van der Waals surface area (Å²) in [6, 6.07) is 8.26. The highest BCUT2D eigenvalue weighted by molar-refractivity contribution is 6.07. The summed E-state index contributed by atoms with van der Waals surface area (Å²) in [5.41, 5.74) is 1.04. The van der Waals surface area contributed by atoms with Crippen LogP contribution in [0.4, 0.5) is 0 Å². The molecular formula is C23H31N3O4. The van der Waals surface area contributed by atoms with Crippen LogP contribution >= 0.6 is 0 Å². The van der Waals surface area contributed by atoms with Gasteiger partial charge in [0.15, 0.2) is 5.78 Å². The summed E-state index contributed by atoms with van der Waals surface area (Å²) in [6.45, 7) is 9.83. The van der Waals surface area contributed by atoms with Gasteiger partial charge in [-0.05, 0) is 39.2 Å². The van der Waals surface area contributed by atoms with Crippen LogP contribution in [0.15, 0.2) is 30.5 Å². The van der Waals surface area contributed by atoms with Crippen molar-refractivity contribution in [2.24, 2.45) is 10.8 Å². The van der Waals surface area contributed by atoms with E-state index in [2.05, 4.69) is 35.4 Å². The van der Waals surface area contributed by atoms with Gasteiger partial charge in [-0.2, -0.15) is 0 Å². The van der Waals surface area contributed by atoms with Gasteiger partial charge in [-0.25, -0.2) is 4.68 Å². The lowest BCUT2D eigenvalue weighted by Crippen LogP contribution is -2.61. The smallest absolute Gasteiger partial charge is 0.321 e. The lowest BCUT2D eigenvalue weighted by molar-refractivity contribution is -0.199. The normalized spacial score (nSPS) is 25.9. The molecule has 0 N–H and O–H groups in total. The van der Waals surface area contributed by atoms with E-state index in [0.717, 1.165) is 11.3 Å². The maximum absolute atomic E-state index is 13.2. The molecule has 3 atom stereocenters. The Morgan fingerprint density at radius 2 is 2.03 bits per heavy atom. The van der Waals surface area contributed by atoms with E-state index in [-0.39, 0.29) is 11.9 Å². The van der Waals surface area contributed by atoms with Crippen molar-refractivity contribution in [1.29, 1.82) is 0 Å². The zero-order chi connectivity index (χ0) is 22.1. The number of ether oxygens (including phenoxy) is 2. The molecule has 1 aromatic heterocycles. The van der Waals surface area contributed by atoms with Gasteiger partial charge in [-0.1, -0.05) is 48.9 Å². The van der Waals surface area contributed by atoms with Crippen LogP contribution in [-0.4, -0.2) is 46.1 Å². The Bertz CT molecular complexity index is 936. The van der Waals surface area contributed by atoms with E-state index < -0.39 is 22.9 Å². The van der Waals surface area contributed by atoms with Crippen LogP contribution < -0.4 is 0 Å². The topological polar surface area (TPSA) is 83.3 Å². The molecule has 2 heterocycles. The third kappa shape index (κ3) is 4.03. The predicted molar refractivity (Wildman–Crippen MR) is 112 cm³/mol. The minimum Gasteiger partial charge on any atom is -0.468 e. The highest BCUT2D eigenvalue weighted by Crippen LogP contribution is 2.45. The molecular weight excluding hydrogens is 382 g/mol. The molecule has 0 spiro atoms. The van der Waals surface area contributed by atoms with Crippen molar-refractivity contribution in [3.63, 3.8) is 0 Å². The number of carbonyl (C=O) groups is 2. The van der Waals surface area contributed by atoms with Gasteiger partial charge in [0.2, 0.25) is 0 Å². The number of nitrogens with zero attached hydrogens (tertiary/aromatic N) is 3. The Morgan fingerprint density at radius 3 is 2.70 bits per heavy atom. The summed E-state index contributed by atoms with van der Waals surface area (Å²) in [6.07, 6.45) is 2.04. The van der Waals surface area contributed by atoms with Crippen molar-refractivity contribution in [1.82, 2.24) is 15.0 Å². The van der Waals surface area contributed by atoms with Crippen molar-refractivity contribution in [3.05, 3.63) is 47.3 Å². The molecule has 0 saturated carbocycles. The number of ketones is 1. The first kappa shape index (κ1) is 22.2. The average Bonchev–Trinajstić information content (AvgIpc) is 3.15. The minimum absolute atomic E-state index is 0.145. The number of hydrogen-bond acceptors (Lipinski definition) is 6. The Hall–Kier alpha value is -2.54.